The van der Waals surface area contributed by atoms with Crippen LogP contribution in [0, 0.1) is 0 Å². The Morgan fingerprint density at radius 1 is 0.577 bits per heavy atom. The second-order valence-corrected chi connectivity index (χ2v) is 7.22. The molecule has 1 heteroatoms. The first kappa shape index (κ1) is 16.4. The van der Waals surface area contributed by atoms with Gasteiger partial charge in [0, 0.05) is 22.2 Å². The van der Waals surface area contributed by atoms with Crippen LogP contribution in [0.3, 0.4) is 0 Å². The smallest absolute Gasteiger partial charge is 0.0463 e. The standard InChI is InChI=1S/C25H23N/c1-25(2,20-11-4-3-5-12-20)21-15-17-22(18-16-21)26-24-14-8-10-19-9-6-7-13-23(19)24/h3-18,26H,1-2H3. The van der Waals surface area contributed by atoms with E-state index in [4.69, 9.17) is 0 Å². The van der Waals surface area contributed by atoms with E-state index in [0.29, 0.717) is 0 Å². The molecular formula is C25H23N. The van der Waals surface area contributed by atoms with Crippen molar-refractivity contribution in [2.45, 2.75) is 19.3 Å². The summed E-state index contributed by atoms with van der Waals surface area (Å²) in [6.45, 7) is 4.55. The normalized spacial score (nSPS) is 11.5. The fraction of sp³-hybridized carbons (Fsp3) is 0.120. The van der Waals surface area contributed by atoms with Crippen molar-refractivity contribution in [3.8, 4) is 0 Å². The molecule has 0 aliphatic heterocycles. The zero-order chi connectivity index (χ0) is 18.0. The minimum Gasteiger partial charge on any atom is -0.355 e. The minimum atomic E-state index is -0.0146. The SMILES string of the molecule is CC(C)(c1ccccc1)c1ccc(Nc2cccc3ccccc23)cc1. The molecular weight excluding hydrogens is 314 g/mol. The Hall–Kier alpha value is -3.06. The highest BCUT2D eigenvalue weighted by Gasteiger charge is 2.22. The van der Waals surface area contributed by atoms with Crippen molar-refractivity contribution in [2.75, 3.05) is 5.32 Å². The average Bonchev–Trinajstić information content (AvgIpc) is 2.69. The molecule has 26 heavy (non-hydrogen) atoms. The molecule has 0 saturated carbocycles. The molecule has 0 amide bonds. The highest BCUT2D eigenvalue weighted by Crippen LogP contribution is 2.33. The Bertz CT molecular complexity index is 1010. The number of hydrogen-bond donors (Lipinski definition) is 1. The van der Waals surface area contributed by atoms with Gasteiger partial charge in [-0.2, -0.15) is 0 Å². The van der Waals surface area contributed by atoms with Crippen LogP contribution in [-0.2, 0) is 5.41 Å². The van der Waals surface area contributed by atoms with E-state index >= 15 is 0 Å². The van der Waals surface area contributed by atoms with Crippen molar-refractivity contribution in [1.29, 1.82) is 0 Å². The third-order valence-corrected chi connectivity index (χ3v) is 5.17. The van der Waals surface area contributed by atoms with Crippen LogP contribution in [0.5, 0.6) is 0 Å². The van der Waals surface area contributed by atoms with Gasteiger partial charge in [0.15, 0.2) is 0 Å². The lowest BCUT2D eigenvalue weighted by Gasteiger charge is -2.26. The molecule has 0 saturated heterocycles. The number of rotatable bonds is 4. The fourth-order valence-electron chi connectivity index (χ4n) is 3.48. The van der Waals surface area contributed by atoms with Crippen LogP contribution < -0.4 is 5.32 Å². The molecule has 0 aliphatic carbocycles. The first-order valence-corrected chi connectivity index (χ1v) is 9.05. The van der Waals surface area contributed by atoms with Crippen molar-refractivity contribution in [1.82, 2.24) is 0 Å². The molecule has 0 aromatic heterocycles. The molecule has 0 unspecified atom stereocenters. The maximum atomic E-state index is 3.57. The Labute approximate surface area is 155 Å². The number of hydrogen-bond acceptors (Lipinski definition) is 1. The average molecular weight is 337 g/mol. The lowest BCUT2D eigenvalue weighted by atomic mass is 9.78. The third kappa shape index (κ3) is 3.09. The largest absolute Gasteiger partial charge is 0.355 e. The van der Waals surface area contributed by atoms with Gasteiger partial charge in [-0.05, 0) is 34.7 Å². The zero-order valence-corrected chi connectivity index (χ0v) is 15.2. The van der Waals surface area contributed by atoms with E-state index in [1.807, 2.05) is 0 Å². The second-order valence-electron chi connectivity index (χ2n) is 7.22. The van der Waals surface area contributed by atoms with Gasteiger partial charge in [0.1, 0.15) is 0 Å². The van der Waals surface area contributed by atoms with Crippen LogP contribution in [-0.4, -0.2) is 0 Å². The van der Waals surface area contributed by atoms with Gasteiger partial charge in [-0.3, -0.25) is 0 Å². The van der Waals surface area contributed by atoms with Crippen molar-refractivity contribution in [3.05, 3.63) is 108 Å². The van der Waals surface area contributed by atoms with Gasteiger partial charge in [0.25, 0.3) is 0 Å². The fourth-order valence-corrected chi connectivity index (χ4v) is 3.48. The summed E-state index contributed by atoms with van der Waals surface area (Å²) in [6, 6.07) is 34.3. The molecule has 0 atom stereocenters. The summed E-state index contributed by atoms with van der Waals surface area (Å²) < 4.78 is 0. The lowest BCUT2D eigenvalue weighted by molar-refractivity contribution is 0.641. The molecule has 1 N–H and O–H groups in total. The quantitative estimate of drug-likeness (QED) is 0.426. The van der Waals surface area contributed by atoms with Crippen molar-refractivity contribution < 1.29 is 0 Å². The van der Waals surface area contributed by atoms with Gasteiger partial charge >= 0.3 is 0 Å². The number of nitrogens with one attached hydrogen (secondary N) is 1. The molecule has 1 nitrogen and oxygen atoms in total. The summed E-state index contributed by atoms with van der Waals surface area (Å²) in [6.07, 6.45) is 0. The molecule has 0 spiro atoms. The second kappa shape index (κ2) is 6.68. The van der Waals surface area contributed by atoms with E-state index in [9.17, 15) is 0 Å². The van der Waals surface area contributed by atoms with Gasteiger partial charge in [0.05, 0.1) is 0 Å². The minimum absolute atomic E-state index is 0.0146. The molecule has 4 rings (SSSR count). The lowest BCUT2D eigenvalue weighted by Crippen LogP contribution is -2.18. The van der Waals surface area contributed by atoms with E-state index in [-0.39, 0.29) is 5.41 Å². The molecule has 0 bridgehead atoms. The highest BCUT2D eigenvalue weighted by atomic mass is 14.9. The summed E-state index contributed by atoms with van der Waals surface area (Å²) >= 11 is 0. The van der Waals surface area contributed by atoms with Crippen LogP contribution in [0.4, 0.5) is 11.4 Å². The van der Waals surface area contributed by atoms with Crippen LogP contribution in [0.25, 0.3) is 10.8 Å². The van der Waals surface area contributed by atoms with Crippen LogP contribution >= 0.6 is 0 Å². The highest BCUT2D eigenvalue weighted by molar-refractivity contribution is 5.95. The van der Waals surface area contributed by atoms with Gasteiger partial charge in [-0.15, -0.1) is 0 Å². The van der Waals surface area contributed by atoms with E-state index in [0.717, 1.165) is 11.4 Å². The number of fused-ring (bicyclic) bond motifs is 1. The molecule has 4 aromatic carbocycles. The van der Waals surface area contributed by atoms with Crippen LogP contribution in [0.15, 0.2) is 97.1 Å². The predicted octanol–water partition coefficient (Wildman–Crippen LogP) is 6.91. The number of anilines is 2. The molecule has 0 radical (unpaired) electrons. The Balaban J connectivity index is 1.62. The first-order valence-electron chi connectivity index (χ1n) is 9.05. The molecule has 0 fully saturated rings. The van der Waals surface area contributed by atoms with E-state index in [1.54, 1.807) is 0 Å². The van der Waals surface area contributed by atoms with Gasteiger partial charge in [-0.1, -0.05) is 92.7 Å². The van der Waals surface area contributed by atoms with Gasteiger partial charge in [0.2, 0.25) is 0 Å². The van der Waals surface area contributed by atoms with Crippen molar-refractivity contribution in [3.63, 3.8) is 0 Å². The molecule has 128 valence electrons. The molecule has 0 aliphatic rings. The Morgan fingerprint density at radius 3 is 1.96 bits per heavy atom. The molecule has 0 heterocycles. The van der Waals surface area contributed by atoms with Crippen molar-refractivity contribution in [2.24, 2.45) is 0 Å². The summed E-state index contributed by atoms with van der Waals surface area (Å²) in [7, 11) is 0. The zero-order valence-electron chi connectivity index (χ0n) is 15.2. The maximum absolute atomic E-state index is 3.57. The maximum Gasteiger partial charge on any atom is 0.0463 e. The summed E-state index contributed by atoms with van der Waals surface area (Å²) in [5.74, 6) is 0. The predicted molar refractivity (Wildman–Crippen MR) is 112 cm³/mol. The van der Waals surface area contributed by atoms with Crippen molar-refractivity contribution >= 4 is 22.1 Å². The number of benzene rings is 4. The van der Waals surface area contributed by atoms with Crippen LogP contribution in [0.1, 0.15) is 25.0 Å². The van der Waals surface area contributed by atoms with Gasteiger partial charge < -0.3 is 5.32 Å². The third-order valence-electron chi connectivity index (χ3n) is 5.17. The Morgan fingerprint density at radius 2 is 1.19 bits per heavy atom. The summed E-state index contributed by atoms with van der Waals surface area (Å²) in [5, 5.41) is 6.05. The summed E-state index contributed by atoms with van der Waals surface area (Å²) in [5.41, 5.74) is 4.87. The first-order chi connectivity index (χ1) is 12.6. The van der Waals surface area contributed by atoms with E-state index in [1.165, 1.54) is 21.9 Å². The monoisotopic (exact) mass is 337 g/mol. The van der Waals surface area contributed by atoms with E-state index < -0.39 is 0 Å². The summed E-state index contributed by atoms with van der Waals surface area (Å²) in [4.78, 5) is 0. The Kier molecular flexibility index (Phi) is 4.22. The molecule has 4 aromatic rings. The van der Waals surface area contributed by atoms with Crippen LogP contribution in [0.2, 0.25) is 0 Å². The van der Waals surface area contributed by atoms with Gasteiger partial charge in [-0.25, -0.2) is 0 Å². The topological polar surface area (TPSA) is 12.0 Å². The van der Waals surface area contributed by atoms with E-state index in [2.05, 4.69) is 116 Å².